The standard InChI is InChI=1S/C16H22N6O/c1-19-10-13(8-18-19)11-20-6-7-22-14(9-17-15(22)12-20)16(23)21-4-2-3-5-21/h8-10H,2-7,11-12H2,1H3. The number of carbonyl (C=O) groups is 1. The molecule has 0 aromatic carbocycles. The van der Waals surface area contributed by atoms with Gasteiger partial charge in [-0.2, -0.15) is 5.10 Å². The molecule has 122 valence electrons. The molecule has 1 fully saturated rings. The number of aryl methyl sites for hydroxylation is 1. The maximum absolute atomic E-state index is 12.6. The molecular weight excluding hydrogens is 292 g/mol. The van der Waals surface area contributed by atoms with Crippen LogP contribution in [0.1, 0.15) is 34.7 Å². The molecule has 0 unspecified atom stereocenters. The predicted octanol–water partition coefficient (Wildman–Crippen LogP) is 0.868. The highest BCUT2D eigenvalue weighted by Crippen LogP contribution is 2.19. The molecule has 2 aromatic rings. The molecule has 0 spiro atoms. The summed E-state index contributed by atoms with van der Waals surface area (Å²) in [5.41, 5.74) is 1.96. The fourth-order valence-corrected chi connectivity index (χ4v) is 3.51. The van der Waals surface area contributed by atoms with Gasteiger partial charge >= 0.3 is 0 Å². The van der Waals surface area contributed by atoms with E-state index in [-0.39, 0.29) is 5.91 Å². The number of hydrogen-bond donors (Lipinski definition) is 0. The average Bonchev–Trinajstić information content (AvgIpc) is 3.27. The third kappa shape index (κ3) is 2.76. The zero-order valence-corrected chi connectivity index (χ0v) is 13.5. The Morgan fingerprint density at radius 2 is 2.00 bits per heavy atom. The summed E-state index contributed by atoms with van der Waals surface area (Å²) < 4.78 is 3.92. The van der Waals surface area contributed by atoms with Crippen molar-refractivity contribution < 1.29 is 4.79 Å². The number of imidazole rings is 1. The van der Waals surface area contributed by atoms with E-state index in [0.29, 0.717) is 0 Å². The van der Waals surface area contributed by atoms with E-state index >= 15 is 0 Å². The van der Waals surface area contributed by atoms with E-state index in [2.05, 4.69) is 19.5 Å². The van der Waals surface area contributed by atoms with E-state index in [4.69, 9.17) is 0 Å². The summed E-state index contributed by atoms with van der Waals surface area (Å²) in [6.45, 7) is 5.17. The molecule has 7 nitrogen and oxygen atoms in total. The van der Waals surface area contributed by atoms with Crippen molar-refractivity contribution in [1.82, 2.24) is 29.1 Å². The van der Waals surface area contributed by atoms with Crippen LogP contribution in [-0.2, 0) is 26.7 Å². The zero-order chi connectivity index (χ0) is 15.8. The van der Waals surface area contributed by atoms with E-state index in [1.54, 1.807) is 6.20 Å². The summed E-state index contributed by atoms with van der Waals surface area (Å²) in [5.74, 6) is 1.13. The van der Waals surface area contributed by atoms with Crippen LogP contribution >= 0.6 is 0 Å². The van der Waals surface area contributed by atoms with E-state index in [1.165, 1.54) is 5.56 Å². The maximum Gasteiger partial charge on any atom is 0.272 e. The summed E-state index contributed by atoms with van der Waals surface area (Å²) in [6, 6.07) is 0. The van der Waals surface area contributed by atoms with Crippen LogP contribution in [-0.4, -0.2) is 54.7 Å². The first-order valence-electron chi connectivity index (χ1n) is 8.24. The molecule has 7 heteroatoms. The smallest absolute Gasteiger partial charge is 0.272 e. The van der Waals surface area contributed by atoms with Crippen LogP contribution in [0.15, 0.2) is 18.6 Å². The van der Waals surface area contributed by atoms with Crippen molar-refractivity contribution in [3.05, 3.63) is 35.7 Å². The van der Waals surface area contributed by atoms with Gasteiger partial charge < -0.3 is 9.47 Å². The first-order chi connectivity index (χ1) is 11.2. The minimum atomic E-state index is 0.141. The Labute approximate surface area is 135 Å². The van der Waals surface area contributed by atoms with Crippen LogP contribution < -0.4 is 0 Å². The first-order valence-corrected chi connectivity index (χ1v) is 8.24. The monoisotopic (exact) mass is 314 g/mol. The Kier molecular flexibility index (Phi) is 3.65. The highest BCUT2D eigenvalue weighted by molar-refractivity contribution is 5.92. The van der Waals surface area contributed by atoms with Gasteiger partial charge in [0, 0.05) is 51.5 Å². The van der Waals surface area contributed by atoms with Crippen LogP contribution in [0.3, 0.4) is 0 Å². The molecular formula is C16H22N6O. The van der Waals surface area contributed by atoms with Crippen molar-refractivity contribution in [2.45, 2.75) is 32.5 Å². The molecule has 0 aliphatic carbocycles. The minimum absolute atomic E-state index is 0.141. The number of hydrogen-bond acceptors (Lipinski definition) is 4. The van der Waals surface area contributed by atoms with E-state index in [1.807, 2.05) is 29.0 Å². The van der Waals surface area contributed by atoms with Crippen molar-refractivity contribution in [1.29, 1.82) is 0 Å². The minimum Gasteiger partial charge on any atom is -0.337 e. The lowest BCUT2D eigenvalue weighted by molar-refractivity contribution is 0.0777. The van der Waals surface area contributed by atoms with Crippen LogP contribution in [0.4, 0.5) is 0 Å². The molecule has 0 N–H and O–H groups in total. The van der Waals surface area contributed by atoms with Crippen molar-refractivity contribution in [2.24, 2.45) is 7.05 Å². The fraction of sp³-hybridized carbons (Fsp3) is 0.562. The van der Waals surface area contributed by atoms with Gasteiger partial charge in [0.2, 0.25) is 0 Å². The van der Waals surface area contributed by atoms with Crippen molar-refractivity contribution in [3.8, 4) is 0 Å². The molecule has 0 radical (unpaired) electrons. The second kappa shape index (κ2) is 5.81. The predicted molar refractivity (Wildman–Crippen MR) is 84.7 cm³/mol. The molecule has 2 aliphatic heterocycles. The summed E-state index contributed by atoms with van der Waals surface area (Å²) in [6.07, 6.45) is 7.94. The Morgan fingerprint density at radius 3 is 2.74 bits per heavy atom. The molecule has 4 heterocycles. The summed E-state index contributed by atoms with van der Waals surface area (Å²) >= 11 is 0. The number of fused-ring (bicyclic) bond motifs is 1. The Bertz CT molecular complexity index is 712. The van der Waals surface area contributed by atoms with Crippen LogP contribution in [0, 0.1) is 0 Å². The van der Waals surface area contributed by atoms with Crippen molar-refractivity contribution in [3.63, 3.8) is 0 Å². The van der Waals surface area contributed by atoms with E-state index in [0.717, 1.165) is 63.6 Å². The summed E-state index contributed by atoms with van der Waals surface area (Å²) in [7, 11) is 1.93. The van der Waals surface area contributed by atoms with Gasteiger partial charge in [0.1, 0.15) is 11.5 Å². The van der Waals surface area contributed by atoms with Gasteiger partial charge in [0.15, 0.2) is 0 Å². The quantitative estimate of drug-likeness (QED) is 0.843. The molecule has 1 saturated heterocycles. The summed E-state index contributed by atoms with van der Waals surface area (Å²) in [5, 5.41) is 4.22. The van der Waals surface area contributed by atoms with Gasteiger partial charge in [-0.15, -0.1) is 0 Å². The number of aromatic nitrogens is 4. The molecule has 0 atom stereocenters. The van der Waals surface area contributed by atoms with Crippen molar-refractivity contribution in [2.75, 3.05) is 19.6 Å². The van der Waals surface area contributed by atoms with Crippen LogP contribution in [0.25, 0.3) is 0 Å². The number of likely N-dealkylation sites (tertiary alicyclic amines) is 1. The zero-order valence-electron chi connectivity index (χ0n) is 13.5. The third-order valence-electron chi connectivity index (χ3n) is 4.72. The summed E-state index contributed by atoms with van der Waals surface area (Å²) in [4.78, 5) is 21.4. The molecule has 0 saturated carbocycles. The number of nitrogens with zero attached hydrogens (tertiary/aromatic N) is 6. The van der Waals surface area contributed by atoms with Crippen LogP contribution in [0.2, 0.25) is 0 Å². The normalized spacial score (nSPS) is 18.4. The van der Waals surface area contributed by atoms with Gasteiger partial charge in [-0.25, -0.2) is 4.98 Å². The van der Waals surface area contributed by atoms with Crippen LogP contribution in [0.5, 0.6) is 0 Å². The first kappa shape index (κ1) is 14.4. The fourth-order valence-electron chi connectivity index (χ4n) is 3.51. The largest absolute Gasteiger partial charge is 0.337 e. The lowest BCUT2D eigenvalue weighted by Gasteiger charge is -2.28. The highest BCUT2D eigenvalue weighted by Gasteiger charge is 2.27. The van der Waals surface area contributed by atoms with Gasteiger partial charge in [0.25, 0.3) is 5.91 Å². The second-order valence-corrected chi connectivity index (χ2v) is 6.44. The molecule has 0 bridgehead atoms. The average molecular weight is 314 g/mol. The molecule has 23 heavy (non-hydrogen) atoms. The molecule has 1 amide bonds. The lowest BCUT2D eigenvalue weighted by Crippen LogP contribution is -2.36. The van der Waals surface area contributed by atoms with E-state index in [9.17, 15) is 4.79 Å². The Hall–Kier alpha value is -2.15. The number of rotatable bonds is 3. The third-order valence-corrected chi connectivity index (χ3v) is 4.72. The van der Waals surface area contributed by atoms with Gasteiger partial charge in [-0.1, -0.05) is 0 Å². The van der Waals surface area contributed by atoms with Gasteiger partial charge in [-0.3, -0.25) is 14.4 Å². The van der Waals surface area contributed by atoms with Gasteiger partial charge in [0.05, 0.1) is 18.9 Å². The number of amides is 1. The Morgan fingerprint density at radius 1 is 1.17 bits per heavy atom. The lowest BCUT2D eigenvalue weighted by atomic mass is 10.2. The highest BCUT2D eigenvalue weighted by atomic mass is 16.2. The second-order valence-electron chi connectivity index (χ2n) is 6.44. The van der Waals surface area contributed by atoms with Crippen molar-refractivity contribution >= 4 is 5.91 Å². The maximum atomic E-state index is 12.6. The molecule has 2 aromatic heterocycles. The SMILES string of the molecule is Cn1cc(CN2CCn3c(C(=O)N4CCCC4)cnc3C2)cn1. The van der Waals surface area contributed by atoms with Gasteiger partial charge in [-0.05, 0) is 12.8 Å². The molecule has 4 rings (SSSR count). The Balaban J connectivity index is 1.47. The number of carbonyl (C=O) groups excluding carboxylic acids is 1. The van der Waals surface area contributed by atoms with E-state index < -0.39 is 0 Å². The topological polar surface area (TPSA) is 59.2 Å². The molecule has 2 aliphatic rings.